The molecule has 0 bridgehead atoms. The Morgan fingerprint density at radius 3 is 2.00 bits per heavy atom. The normalized spacial score (nSPS) is 45.0. The summed E-state index contributed by atoms with van der Waals surface area (Å²) in [6, 6.07) is -0.134. The van der Waals surface area contributed by atoms with E-state index < -0.39 is 6.17 Å². The monoisotopic (exact) mass is 89.1 g/mol. The Balaban J connectivity index is 2.20. The summed E-state index contributed by atoms with van der Waals surface area (Å²) in [5.74, 6) is 0. The zero-order valence-electron chi connectivity index (χ0n) is 3.52. The molecule has 0 amide bonds. The SMILES string of the molecule is N[C@@H]1CC[C@@H]1F. The first-order valence-corrected chi connectivity index (χ1v) is 2.20. The van der Waals surface area contributed by atoms with E-state index in [0.29, 0.717) is 6.42 Å². The molecule has 0 aromatic heterocycles. The van der Waals surface area contributed by atoms with Crippen LogP contribution in [0.3, 0.4) is 0 Å². The molecule has 0 aromatic carbocycles. The first kappa shape index (κ1) is 4.06. The second-order valence-corrected chi connectivity index (χ2v) is 1.76. The van der Waals surface area contributed by atoms with Gasteiger partial charge < -0.3 is 5.73 Å². The van der Waals surface area contributed by atoms with E-state index in [9.17, 15) is 4.39 Å². The molecule has 0 radical (unpaired) electrons. The predicted molar refractivity (Wildman–Crippen MR) is 22.1 cm³/mol. The number of hydrogen-bond donors (Lipinski definition) is 1. The van der Waals surface area contributed by atoms with Crippen LogP contribution in [0.4, 0.5) is 4.39 Å². The topological polar surface area (TPSA) is 26.0 Å². The third-order valence-corrected chi connectivity index (χ3v) is 1.24. The lowest BCUT2D eigenvalue weighted by atomic mass is 9.92. The largest absolute Gasteiger partial charge is 0.325 e. The second-order valence-electron chi connectivity index (χ2n) is 1.76. The summed E-state index contributed by atoms with van der Waals surface area (Å²) in [5, 5.41) is 0. The molecule has 0 unspecified atom stereocenters. The minimum absolute atomic E-state index is 0.134. The molecule has 1 aliphatic rings. The van der Waals surface area contributed by atoms with Crippen molar-refractivity contribution in [2.24, 2.45) is 5.73 Å². The molecule has 0 aliphatic heterocycles. The molecule has 0 heterocycles. The average Bonchev–Trinajstić information content (AvgIpc) is 1.61. The van der Waals surface area contributed by atoms with Crippen molar-refractivity contribution in [1.82, 2.24) is 0 Å². The molecule has 0 saturated heterocycles. The minimum atomic E-state index is -0.690. The Morgan fingerprint density at radius 2 is 2.00 bits per heavy atom. The summed E-state index contributed by atoms with van der Waals surface area (Å²) in [5.41, 5.74) is 5.15. The minimum Gasteiger partial charge on any atom is -0.325 e. The molecule has 1 aliphatic carbocycles. The number of hydrogen-bond acceptors (Lipinski definition) is 1. The standard InChI is InChI=1S/C4H8FN/c5-3-1-2-4(3)6/h3-4H,1-2,6H2/t3-,4+/m0/s1. The molecule has 1 fully saturated rings. The highest BCUT2D eigenvalue weighted by atomic mass is 19.1. The molecule has 0 aromatic rings. The van der Waals surface area contributed by atoms with Crippen LogP contribution >= 0.6 is 0 Å². The van der Waals surface area contributed by atoms with Gasteiger partial charge >= 0.3 is 0 Å². The van der Waals surface area contributed by atoms with Gasteiger partial charge in [-0.25, -0.2) is 4.39 Å². The smallest absolute Gasteiger partial charge is 0.115 e. The van der Waals surface area contributed by atoms with Gasteiger partial charge in [-0.3, -0.25) is 0 Å². The van der Waals surface area contributed by atoms with Gasteiger partial charge in [-0.1, -0.05) is 0 Å². The number of nitrogens with two attached hydrogens (primary N) is 1. The van der Waals surface area contributed by atoms with Gasteiger partial charge in [0.05, 0.1) is 0 Å². The van der Waals surface area contributed by atoms with Crippen LogP contribution in [0.5, 0.6) is 0 Å². The molecule has 36 valence electrons. The fourth-order valence-corrected chi connectivity index (χ4v) is 0.485. The Bertz CT molecular complexity index is 47.5. The van der Waals surface area contributed by atoms with Crippen molar-refractivity contribution in [2.45, 2.75) is 25.1 Å². The molecular weight excluding hydrogens is 81.0 g/mol. The van der Waals surface area contributed by atoms with Crippen molar-refractivity contribution >= 4 is 0 Å². The van der Waals surface area contributed by atoms with Crippen LogP contribution < -0.4 is 5.73 Å². The van der Waals surface area contributed by atoms with E-state index in [1.165, 1.54) is 0 Å². The van der Waals surface area contributed by atoms with Crippen molar-refractivity contribution < 1.29 is 4.39 Å². The summed E-state index contributed by atoms with van der Waals surface area (Å²) in [7, 11) is 0. The lowest BCUT2D eigenvalue weighted by Gasteiger charge is -2.25. The van der Waals surface area contributed by atoms with E-state index in [1.54, 1.807) is 0 Å². The zero-order valence-corrected chi connectivity index (χ0v) is 3.52. The highest BCUT2D eigenvalue weighted by molar-refractivity contribution is 4.82. The van der Waals surface area contributed by atoms with E-state index in [1.807, 2.05) is 0 Å². The maximum absolute atomic E-state index is 11.8. The summed E-state index contributed by atoms with van der Waals surface area (Å²) >= 11 is 0. The van der Waals surface area contributed by atoms with Gasteiger partial charge in [0.1, 0.15) is 6.17 Å². The highest BCUT2D eigenvalue weighted by Gasteiger charge is 2.25. The molecule has 2 heteroatoms. The molecule has 1 nitrogen and oxygen atoms in total. The van der Waals surface area contributed by atoms with Gasteiger partial charge in [0.15, 0.2) is 0 Å². The van der Waals surface area contributed by atoms with Gasteiger partial charge in [-0.2, -0.15) is 0 Å². The van der Waals surface area contributed by atoms with Crippen molar-refractivity contribution in [2.75, 3.05) is 0 Å². The average molecular weight is 89.1 g/mol. The quantitative estimate of drug-likeness (QED) is 0.458. The summed E-state index contributed by atoms with van der Waals surface area (Å²) < 4.78 is 11.8. The molecule has 2 atom stereocenters. The first-order valence-electron chi connectivity index (χ1n) is 2.20. The van der Waals surface area contributed by atoms with Crippen LogP contribution in [0.25, 0.3) is 0 Å². The second kappa shape index (κ2) is 1.19. The van der Waals surface area contributed by atoms with Gasteiger partial charge in [0, 0.05) is 6.04 Å². The molecule has 1 rings (SSSR count). The maximum atomic E-state index is 11.8. The van der Waals surface area contributed by atoms with Crippen molar-refractivity contribution in [1.29, 1.82) is 0 Å². The van der Waals surface area contributed by atoms with Gasteiger partial charge in [-0.05, 0) is 12.8 Å². The van der Waals surface area contributed by atoms with Crippen LogP contribution in [-0.2, 0) is 0 Å². The van der Waals surface area contributed by atoms with Crippen molar-refractivity contribution in [3.63, 3.8) is 0 Å². The van der Waals surface area contributed by atoms with Gasteiger partial charge in [-0.15, -0.1) is 0 Å². The number of rotatable bonds is 0. The molecule has 6 heavy (non-hydrogen) atoms. The fraction of sp³-hybridized carbons (Fsp3) is 1.00. The summed E-state index contributed by atoms with van der Waals surface area (Å²) in [4.78, 5) is 0. The number of alkyl halides is 1. The van der Waals surface area contributed by atoms with E-state index in [4.69, 9.17) is 5.73 Å². The van der Waals surface area contributed by atoms with Crippen molar-refractivity contribution in [3.05, 3.63) is 0 Å². The predicted octanol–water partition coefficient (Wildman–Crippen LogP) is 0.446. The lowest BCUT2D eigenvalue weighted by Crippen LogP contribution is -2.40. The Kier molecular flexibility index (Phi) is 0.804. The molecule has 0 spiro atoms. The number of halogens is 1. The summed E-state index contributed by atoms with van der Waals surface area (Å²) in [6.45, 7) is 0. The van der Waals surface area contributed by atoms with E-state index in [-0.39, 0.29) is 6.04 Å². The molecular formula is C4H8FN. The van der Waals surface area contributed by atoms with Crippen LogP contribution in [0.15, 0.2) is 0 Å². The van der Waals surface area contributed by atoms with Crippen LogP contribution in [0.1, 0.15) is 12.8 Å². The zero-order chi connectivity index (χ0) is 4.57. The molecule has 1 saturated carbocycles. The highest BCUT2D eigenvalue weighted by Crippen LogP contribution is 2.19. The Hall–Kier alpha value is -0.110. The third-order valence-electron chi connectivity index (χ3n) is 1.24. The first-order chi connectivity index (χ1) is 2.80. The van der Waals surface area contributed by atoms with E-state index >= 15 is 0 Å². The third kappa shape index (κ3) is 0.411. The van der Waals surface area contributed by atoms with Gasteiger partial charge in [0.2, 0.25) is 0 Å². The Labute approximate surface area is 36.3 Å². The lowest BCUT2D eigenvalue weighted by molar-refractivity contribution is 0.173. The van der Waals surface area contributed by atoms with Gasteiger partial charge in [0.25, 0.3) is 0 Å². The van der Waals surface area contributed by atoms with Crippen LogP contribution in [0, 0.1) is 0 Å². The van der Waals surface area contributed by atoms with Crippen LogP contribution in [-0.4, -0.2) is 12.2 Å². The Morgan fingerprint density at radius 1 is 1.50 bits per heavy atom. The van der Waals surface area contributed by atoms with Crippen LogP contribution in [0.2, 0.25) is 0 Å². The van der Waals surface area contributed by atoms with E-state index in [2.05, 4.69) is 0 Å². The van der Waals surface area contributed by atoms with E-state index in [0.717, 1.165) is 6.42 Å². The molecule has 2 N–H and O–H groups in total. The maximum Gasteiger partial charge on any atom is 0.115 e. The van der Waals surface area contributed by atoms with Crippen molar-refractivity contribution in [3.8, 4) is 0 Å². The fourth-order valence-electron chi connectivity index (χ4n) is 0.485. The summed E-state index contributed by atoms with van der Waals surface area (Å²) in [6.07, 6.45) is 0.868.